The zero-order valence-electron chi connectivity index (χ0n) is 12.8. The number of hydrogen-bond donors (Lipinski definition) is 2. The zero-order chi connectivity index (χ0) is 16.8. The summed E-state index contributed by atoms with van der Waals surface area (Å²) in [5, 5.41) is 2.51. The number of carbonyl (C=O) groups is 1. The Bertz CT molecular complexity index is 509. The van der Waals surface area contributed by atoms with Crippen LogP contribution in [-0.2, 0) is 9.53 Å². The lowest BCUT2D eigenvalue weighted by molar-refractivity contribution is -0.153. The molecule has 132 valence electrons. The third kappa shape index (κ3) is 8.06. The number of nitrogens with one attached hydrogen (secondary N) is 1. The highest BCUT2D eigenvalue weighted by Crippen LogP contribution is 2.28. The van der Waals surface area contributed by atoms with Gasteiger partial charge in [-0.15, -0.1) is 12.4 Å². The second-order valence-electron chi connectivity index (χ2n) is 4.75. The van der Waals surface area contributed by atoms with Crippen molar-refractivity contribution in [2.24, 2.45) is 5.73 Å². The number of halogens is 4. The van der Waals surface area contributed by atoms with E-state index in [2.05, 4.69) is 5.32 Å². The third-order valence-electron chi connectivity index (χ3n) is 2.81. The topological polar surface area (TPSA) is 73.6 Å². The van der Waals surface area contributed by atoms with Crippen LogP contribution in [-0.4, -0.2) is 38.4 Å². The maximum absolute atomic E-state index is 12.3. The maximum atomic E-state index is 12.3. The highest BCUT2D eigenvalue weighted by Gasteiger charge is 2.29. The molecule has 0 aliphatic carbocycles. The maximum Gasteiger partial charge on any atom is 0.422 e. The van der Waals surface area contributed by atoms with E-state index in [1.165, 1.54) is 19.2 Å². The first kappa shape index (κ1) is 21.5. The van der Waals surface area contributed by atoms with Crippen molar-refractivity contribution in [2.75, 3.05) is 25.6 Å². The van der Waals surface area contributed by atoms with Crippen molar-refractivity contribution < 1.29 is 27.4 Å². The molecule has 1 unspecified atom stereocenters. The summed E-state index contributed by atoms with van der Waals surface area (Å²) >= 11 is 0. The predicted octanol–water partition coefficient (Wildman–Crippen LogP) is 2.66. The van der Waals surface area contributed by atoms with E-state index in [9.17, 15) is 18.0 Å². The Labute approximate surface area is 138 Å². The quantitative estimate of drug-likeness (QED) is 0.787. The van der Waals surface area contributed by atoms with E-state index in [0.717, 1.165) is 0 Å². The van der Waals surface area contributed by atoms with Gasteiger partial charge in [0, 0.05) is 13.7 Å². The number of methoxy groups -OCH3 is 1. The molecule has 23 heavy (non-hydrogen) atoms. The van der Waals surface area contributed by atoms with Crippen LogP contribution in [0.25, 0.3) is 0 Å². The standard InChI is InChI=1S/C14H19F3N2O3.ClH/c1-9-3-4-11(12(5-9)22-8-14(15,16)17)19-13(20)6-10(7-18)21-2;/h3-5,10H,6-8,18H2,1-2H3,(H,19,20);1H. The Balaban J connectivity index is 0.00000484. The van der Waals surface area contributed by atoms with Crippen molar-refractivity contribution in [3.63, 3.8) is 0 Å². The molecule has 0 bridgehead atoms. The van der Waals surface area contributed by atoms with Crippen LogP contribution < -0.4 is 15.8 Å². The lowest BCUT2D eigenvalue weighted by Crippen LogP contribution is -2.28. The highest BCUT2D eigenvalue weighted by atomic mass is 35.5. The first-order valence-corrected chi connectivity index (χ1v) is 6.58. The van der Waals surface area contributed by atoms with Crippen LogP contribution in [0.2, 0.25) is 0 Å². The number of benzene rings is 1. The first-order valence-electron chi connectivity index (χ1n) is 6.58. The molecular formula is C14H20ClF3N2O3. The fourth-order valence-corrected chi connectivity index (χ4v) is 1.68. The minimum Gasteiger partial charge on any atom is -0.482 e. The number of ether oxygens (including phenoxy) is 2. The summed E-state index contributed by atoms with van der Waals surface area (Å²) in [6.45, 7) is 0.444. The number of nitrogens with two attached hydrogens (primary N) is 1. The van der Waals surface area contributed by atoms with Gasteiger partial charge in [-0.3, -0.25) is 4.79 Å². The number of alkyl halides is 3. The largest absolute Gasteiger partial charge is 0.482 e. The molecule has 0 spiro atoms. The van der Waals surface area contributed by atoms with E-state index in [0.29, 0.717) is 5.56 Å². The molecule has 0 heterocycles. The van der Waals surface area contributed by atoms with Gasteiger partial charge in [-0.1, -0.05) is 6.07 Å². The Morgan fingerprint density at radius 3 is 2.57 bits per heavy atom. The zero-order valence-corrected chi connectivity index (χ0v) is 13.6. The number of hydrogen-bond acceptors (Lipinski definition) is 4. The van der Waals surface area contributed by atoms with E-state index in [-0.39, 0.29) is 36.8 Å². The molecule has 0 aliphatic rings. The molecule has 1 aromatic carbocycles. The van der Waals surface area contributed by atoms with Gasteiger partial charge in [0.1, 0.15) is 5.75 Å². The van der Waals surface area contributed by atoms with Gasteiger partial charge in [0.25, 0.3) is 0 Å². The van der Waals surface area contributed by atoms with Crippen LogP contribution in [0.3, 0.4) is 0 Å². The molecule has 1 aromatic rings. The van der Waals surface area contributed by atoms with E-state index in [1.54, 1.807) is 13.0 Å². The van der Waals surface area contributed by atoms with Crippen molar-refractivity contribution >= 4 is 24.0 Å². The summed E-state index contributed by atoms with van der Waals surface area (Å²) in [4.78, 5) is 11.9. The van der Waals surface area contributed by atoms with Crippen LogP contribution >= 0.6 is 12.4 Å². The van der Waals surface area contributed by atoms with Crippen molar-refractivity contribution in [1.29, 1.82) is 0 Å². The Morgan fingerprint density at radius 1 is 1.39 bits per heavy atom. The fraction of sp³-hybridized carbons (Fsp3) is 0.500. The molecule has 0 radical (unpaired) electrons. The van der Waals surface area contributed by atoms with Crippen molar-refractivity contribution in [3.05, 3.63) is 23.8 Å². The molecule has 0 aromatic heterocycles. The summed E-state index contributed by atoms with van der Waals surface area (Å²) in [7, 11) is 1.43. The average molecular weight is 357 g/mol. The van der Waals surface area contributed by atoms with E-state index in [1.807, 2.05) is 0 Å². The molecule has 0 aliphatic heterocycles. The predicted molar refractivity (Wildman–Crippen MR) is 83.1 cm³/mol. The highest BCUT2D eigenvalue weighted by molar-refractivity contribution is 5.92. The minimum absolute atomic E-state index is 0. The molecule has 3 N–H and O–H groups in total. The summed E-state index contributed by atoms with van der Waals surface area (Å²) in [6.07, 6.45) is -4.91. The van der Waals surface area contributed by atoms with Crippen LogP contribution in [0, 0.1) is 6.92 Å². The summed E-state index contributed by atoms with van der Waals surface area (Å²) in [5.41, 5.74) is 6.30. The molecule has 0 saturated carbocycles. The number of carbonyl (C=O) groups excluding carboxylic acids is 1. The van der Waals surface area contributed by atoms with Gasteiger partial charge in [-0.05, 0) is 24.6 Å². The Kier molecular flexibility index (Phi) is 8.96. The normalized spacial score (nSPS) is 12.3. The monoisotopic (exact) mass is 356 g/mol. The van der Waals surface area contributed by atoms with E-state index >= 15 is 0 Å². The van der Waals surface area contributed by atoms with Gasteiger partial charge < -0.3 is 20.5 Å². The second-order valence-corrected chi connectivity index (χ2v) is 4.75. The molecule has 0 saturated heterocycles. The van der Waals surface area contributed by atoms with Crippen LogP contribution in [0.4, 0.5) is 18.9 Å². The molecular weight excluding hydrogens is 337 g/mol. The van der Waals surface area contributed by atoms with Gasteiger partial charge in [-0.25, -0.2) is 0 Å². The molecule has 5 nitrogen and oxygen atoms in total. The summed E-state index contributed by atoms with van der Waals surface area (Å²) in [6, 6.07) is 4.58. The van der Waals surface area contributed by atoms with Gasteiger partial charge >= 0.3 is 6.18 Å². The van der Waals surface area contributed by atoms with Gasteiger partial charge in [0.05, 0.1) is 18.2 Å². The average Bonchev–Trinajstić information content (AvgIpc) is 2.44. The molecule has 1 rings (SSSR count). The van der Waals surface area contributed by atoms with E-state index < -0.39 is 24.8 Å². The lowest BCUT2D eigenvalue weighted by atomic mass is 10.2. The number of amides is 1. The van der Waals surface area contributed by atoms with E-state index in [4.69, 9.17) is 15.2 Å². The lowest BCUT2D eigenvalue weighted by Gasteiger charge is -2.16. The smallest absolute Gasteiger partial charge is 0.422 e. The van der Waals surface area contributed by atoms with Gasteiger partial charge in [0.2, 0.25) is 5.91 Å². The van der Waals surface area contributed by atoms with Crippen molar-refractivity contribution in [1.82, 2.24) is 0 Å². The fourth-order valence-electron chi connectivity index (χ4n) is 1.68. The van der Waals surface area contributed by atoms with Crippen LogP contribution in [0.15, 0.2) is 18.2 Å². The summed E-state index contributed by atoms with van der Waals surface area (Å²) in [5.74, 6) is -0.453. The first-order chi connectivity index (χ1) is 10.2. The van der Waals surface area contributed by atoms with Crippen LogP contribution in [0.5, 0.6) is 5.75 Å². The van der Waals surface area contributed by atoms with Gasteiger partial charge in [-0.2, -0.15) is 13.2 Å². The number of aryl methyl sites for hydroxylation is 1. The number of anilines is 1. The SMILES string of the molecule is COC(CN)CC(=O)Nc1ccc(C)cc1OCC(F)(F)F.Cl. The second kappa shape index (κ2) is 9.59. The van der Waals surface area contributed by atoms with Crippen LogP contribution in [0.1, 0.15) is 12.0 Å². The minimum atomic E-state index is -4.45. The Morgan fingerprint density at radius 2 is 2.04 bits per heavy atom. The van der Waals surface area contributed by atoms with Gasteiger partial charge in [0.15, 0.2) is 6.61 Å². The third-order valence-corrected chi connectivity index (χ3v) is 2.81. The number of rotatable bonds is 7. The van der Waals surface area contributed by atoms with Crippen molar-refractivity contribution in [3.8, 4) is 5.75 Å². The van der Waals surface area contributed by atoms with Crippen molar-refractivity contribution in [2.45, 2.75) is 25.6 Å². The molecule has 0 fully saturated rings. The Hall–Kier alpha value is -1.51. The molecule has 9 heteroatoms. The molecule has 1 amide bonds. The molecule has 1 atom stereocenters. The summed E-state index contributed by atoms with van der Waals surface area (Å²) < 4.78 is 46.5.